The summed E-state index contributed by atoms with van der Waals surface area (Å²) in [5.41, 5.74) is 0.938. The summed E-state index contributed by atoms with van der Waals surface area (Å²) in [7, 11) is 0. The lowest BCUT2D eigenvalue weighted by Gasteiger charge is -2.09. The molecule has 0 bridgehead atoms. The molecule has 0 aliphatic rings. The molecule has 0 atom stereocenters. The number of alkyl halides is 3. The Morgan fingerprint density at radius 3 is 2.28 bits per heavy atom. The highest BCUT2D eigenvalue weighted by Crippen LogP contribution is 2.34. The highest BCUT2D eigenvalue weighted by atomic mass is 19.4. The van der Waals surface area contributed by atoms with E-state index in [4.69, 9.17) is 0 Å². The lowest BCUT2D eigenvalue weighted by Crippen LogP contribution is -2.04. The number of hydrogen-bond acceptors (Lipinski definition) is 2. The summed E-state index contributed by atoms with van der Waals surface area (Å²) < 4.78 is 40.8. The van der Waals surface area contributed by atoms with E-state index in [0.717, 1.165) is 17.7 Å². The normalized spacial score (nSPS) is 11.8. The zero-order valence-corrected chi connectivity index (χ0v) is 12.9. The van der Waals surface area contributed by atoms with E-state index in [9.17, 15) is 13.2 Å². The molecule has 2 aromatic heterocycles. The minimum absolute atomic E-state index is 0.277. The maximum Gasteiger partial charge on any atom is 0.416 e. The molecule has 25 heavy (non-hydrogen) atoms. The Balaban J connectivity index is 2.02. The van der Waals surface area contributed by atoms with Gasteiger partial charge in [-0.1, -0.05) is 36.4 Å². The number of rotatable bonds is 2. The minimum Gasteiger partial charge on any atom is -0.276 e. The molecule has 4 rings (SSSR count). The molecular formula is C19H12F3N3. The van der Waals surface area contributed by atoms with Gasteiger partial charge in [-0.05, 0) is 30.3 Å². The Morgan fingerprint density at radius 2 is 1.60 bits per heavy atom. The first-order valence-electron chi connectivity index (χ1n) is 7.60. The number of pyridine rings is 1. The van der Waals surface area contributed by atoms with Gasteiger partial charge in [0.05, 0.1) is 16.6 Å². The van der Waals surface area contributed by atoms with Gasteiger partial charge in [-0.3, -0.25) is 4.57 Å². The summed E-state index contributed by atoms with van der Waals surface area (Å²) in [6, 6.07) is 18.3. The van der Waals surface area contributed by atoms with Crippen LogP contribution in [0, 0.1) is 0 Å². The molecule has 6 heteroatoms. The number of halogens is 3. The monoisotopic (exact) mass is 339 g/mol. The third kappa shape index (κ3) is 2.76. The van der Waals surface area contributed by atoms with Crippen LogP contribution in [-0.4, -0.2) is 14.5 Å². The molecule has 0 unspecified atom stereocenters. The lowest BCUT2D eigenvalue weighted by atomic mass is 10.2. The SMILES string of the molecule is FC(F)(F)c1ccc2c(c1)nc(-c1ccccc1)n2-c1ccccn1. The predicted octanol–water partition coefficient (Wildman–Crippen LogP) is 5.11. The highest BCUT2D eigenvalue weighted by Gasteiger charge is 2.31. The van der Waals surface area contributed by atoms with Crippen LogP contribution in [0.5, 0.6) is 0 Å². The van der Waals surface area contributed by atoms with Gasteiger partial charge in [0.15, 0.2) is 0 Å². The lowest BCUT2D eigenvalue weighted by molar-refractivity contribution is -0.137. The van der Waals surface area contributed by atoms with Crippen molar-refractivity contribution < 1.29 is 13.2 Å². The van der Waals surface area contributed by atoms with Crippen molar-refractivity contribution in [2.24, 2.45) is 0 Å². The molecule has 0 aliphatic carbocycles. The molecule has 0 spiro atoms. The Labute approximate surface area is 141 Å². The molecule has 124 valence electrons. The summed E-state index contributed by atoms with van der Waals surface area (Å²) in [5.74, 6) is 1.15. The predicted molar refractivity (Wildman–Crippen MR) is 89.3 cm³/mol. The van der Waals surface area contributed by atoms with Crippen LogP contribution < -0.4 is 0 Å². The van der Waals surface area contributed by atoms with Crippen molar-refractivity contribution in [1.82, 2.24) is 14.5 Å². The van der Waals surface area contributed by atoms with E-state index in [2.05, 4.69) is 9.97 Å². The molecule has 0 aliphatic heterocycles. The van der Waals surface area contributed by atoms with Crippen LogP contribution in [0.15, 0.2) is 72.9 Å². The first-order chi connectivity index (χ1) is 12.0. The molecule has 0 saturated heterocycles. The van der Waals surface area contributed by atoms with E-state index >= 15 is 0 Å². The van der Waals surface area contributed by atoms with Gasteiger partial charge in [0.2, 0.25) is 0 Å². The second-order valence-corrected chi connectivity index (χ2v) is 5.53. The Bertz CT molecular complexity index is 1020. The average molecular weight is 339 g/mol. The van der Waals surface area contributed by atoms with Crippen LogP contribution in [0.4, 0.5) is 13.2 Å². The number of benzene rings is 2. The van der Waals surface area contributed by atoms with Crippen molar-refractivity contribution in [3.8, 4) is 17.2 Å². The standard InChI is InChI=1S/C19H12F3N3/c20-19(21,22)14-9-10-16-15(12-14)24-18(13-6-2-1-3-7-13)25(16)17-8-4-5-11-23-17/h1-12H. The van der Waals surface area contributed by atoms with Gasteiger partial charge in [0.1, 0.15) is 11.6 Å². The fraction of sp³-hybridized carbons (Fsp3) is 0.0526. The second-order valence-electron chi connectivity index (χ2n) is 5.53. The summed E-state index contributed by atoms with van der Waals surface area (Å²) >= 11 is 0. The Hall–Kier alpha value is -3.15. The molecule has 0 fully saturated rings. The highest BCUT2D eigenvalue weighted by molar-refractivity contribution is 5.83. The Kier molecular flexibility index (Phi) is 3.53. The van der Waals surface area contributed by atoms with Crippen molar-refractivity contribution in [3.05, 3.63) is 78.5 Å². The summed E-state index contributed by atoms with van der Waals surface area (Å²) in [4.78, 5) is 8.79. The van der Waals surface area contributed by atoms with E-state index in [0.29, 0.717) is 17.2 Å². The number of nitrogens with zero attached hydrogens (tertiary/aromatic N) is 3. The maximum atomic E-state index is 13.0. The van der Waals surface area contributed by atoms with E-state index in [1.165, 1.54) is 6.07 Å². The number of aromatic nitrogens is 3. The van der Waals surface area contributed by atoms with Crippen LogP contribution in [0.1, 0.15) is 5.56 Å². The summed E-state index contributed by atoms with van der Waals surface area (Å²) in [5, 5.41) is 0. The molecule has 0 radical (unpaired) electrons. The fourth-order valence-corrected chi connectivity index (χ4v) is 2.76. The summed E-state index contributed by atoms with van der Waals surface area (Å²) in [6.45, 7) is 0. The van der Waals surface area contributed by atoms with Gasteiger partial charge in [-0.25, -0.2) is 9.97 Å². The first-order valence-corrected chi connectivity index (χ1v) is 7.60. The fourth-order valence-electron chi connectivity index (χ4n) is 2.76. The van der Waals surface area contributed by atoms with Crippen molar-refractivity contribution in [1.29, 1.82) is 0 Å². The molecule has 2 aromatic carbocycles. The molecular weight excluding hydrogens is 327 g/mol. The van der Waals surface area contributed by atoms with Crippen molar-refractivity contribution in [2.75, 3.05) is 0 Å². The van der Waals surface area contributed by atoms with Gasteiger partial charge < -0.3 is 0 Å². The van der Waals surface area contributed by atoms with Crippen LogP contribution in [0.2, 0.25) is 0 Å². The van der Waals surface area contributed by atoms with E-state index in [1.54, 1.807) is 22.9 Å². The van der Waals surface area contributed by atoms with Gasteiger partial charge >= 0.3 is 6.18 Å². The number of hydrogen-bond donors (Lipinski definition) is 0. The first kappa shape index (κ1) is 15.4. The third-order valence-electron chi connectivity index (χ3n) is 3.89. The molecule has 0 amide bonds. The van der Waals surface area contributed by atoms with Gasteiger partial charge in [0.25, 0.3) is 0 Å². The third-order valence-corrected chi connectivity index (χ3v) is 3.89. The molecule has 4 aromatic rings. The second kappa shape index (κ2) is 5.73. The Morgan fingerprint density at radius 1 is 0.840 bits per heavy atom. The van der Waals surface area contributed by atoms with Crippen molar-refractivity contribution >= 4 is 11.0 Å². The molecule has 3 nitrogen and oxygen atoms in total. The van der Waals surface area contributed by atoms with Crippen molar-refractivity contribution in [2.45, 2.75) is 6.18 Å². The van der Waals surface area contributed by atoms with Crippen LogP contribution >= 0.6 is 0 Å². The average Bonchev–Trinajstić information content (AvgIpc) is 3.01. The van der Waals surface area contributed by atoms with Crippen LogP contribution in [0.3, 0.4) is 0 Å². The maximum absolute atomic E-state index is 13.0. The van der Waals surface area contributed by atoms with Gasteiger partial charge in [-0.2, -0.15) is 13.2 Å². The van der Waals surface area contributed by atoms with Gasteiger partial charge in [-0.15, -0.1) is 0 Å². The molecule has 0 saturated carbocycles. The quantitative estimate of drug-likeness (QED) is 0.508. The zero-order valence-electron chi connectivity index (χ0n) is 12.9. The van der Waals surface area contributed by atoms with E-state index < -0.39 is 11.7 Å². The number of fused-ring (bicyclic) bond motifs is 1. The number of imidazole rings is 1. The van der Waals surface area contributed by atoms with Gasteiger partial charge in [0, 0.05) is 11.8 Å². The zero-order chi connectivity index (χ0) is 17.4. The van der Waals surface area contributed by atoms with Crippen LogP contribution in [-0.2, 0) is 6.18 Å². The topological polar surface area (TPSA) is 30.7 Å². The minimum atomic E-state index is -4.41. The largest absolute Gasteiger partial charge is 0.416 e. The molecule has 2 heterocycles. The summed E-state index contributed by atoms with van der Waals surface area (Å²) in [6.07, 6.45) is -2.77. The smallest absolute Gasteiger partial charge is 0.276 e. The van der Waals surface area contributed by atoms with Crippen LogP contribution in [0.25, 0.3) is 28.2 Å². The van der Waals surface area contributed by atoms with Crippen molar-refractivity contribution in [3.63, 3.8) is 0 Å². The molecule has 0 N–H and O–H groups in total. The van der Waals surface area contributed by atoms with E-state index in [1.807, 2.05) is 36.4 Å². The van der Waals surface area contributed by atoms with E-state index in [-0.39, 0.29) is 5.52 Å².